The van der Waals surface area contributed by atoms with Crippen molar-refractivity contribution in [3.63, 3.8) is 0 Å². The van der Waals surface area contributed by atoms with Gasteiger partial charge in [-0.3, -0.25) is 0 Å². The zero-order chi connectivity index (χ0) is 8.97. The molecule has 3 nitrogen and oxygen atoms in total. The Labute approximate surface area is 73.9 Å². The van der Waals surface area contributed by atoms with E-state index < -0.39 is 0 Å². The molecule has 1 aliphatic carbocycles. The van der Waals surface area contributed by atoms with Gasteiger partial charge in [-0.2, -0.15) is 0 Å². The topological polar surface area (TPSA) is 55.5 Å². The van der Waals surface area contributed by atoms with Crippen LogP contribution in [-0.2, 0) is 4.74 Å². The molecule has 3 unspecified atom stereocenters. The van der Waals surface area contributed by atoms with Crippen molar-refractivity contribution < 1.29 is 9.84 Å². The normalized spacial score (nSPS) is 33.2. The summed E-state index contributed by atoms with van der Waals surface area (Å²) < 4.78 is 5.48. The van der Waals surface area contributed by atoms with Gasteiger partial charge in [-0.15, -0.1) is 0 Å². The van der Waals surface area contributed by atoms with E-state index in [2.05, 4.69) is 0 Å². The Morgan fingerprint density at radius 2 is 2.33 bits per heavy atom. The van der Waals surface area contributed by atoms with Crippen LogP contribution in [0.1, 0.15) is 32.6 Å². The van der Waals surface area contributed by atoms with Crippen LogP contribution in [-0.4, -0.2) is 30.0 Å². The van der Waals surface area contributed by atoms with E-state index in [1.54, 1.807) is 6.92 Å². The summed E-state index contributed by atoms with van der Waals surface area (Å²) in [4.78, 5) is 0. The van der Waals surface area contributed by atoms with Crippen molar-refractivity contribution in [1.82, 2.24) is 0 Å². The molecule has 0 heterocycles. The average Bonchev–Trinajstić information content (AvgIpc) is 2.01. The second-order valence-electron chi connectivity index (χ2n) is 3.73. The van der Waals surface area contributed by atoms with E-state index in [0.717, 1.165) is 25.7 Å². The van der Waals surface area contributed by atoms with Crippen molar-refractivity contribution in [3.8, 4) is 0 Å². The van der Waals surface area contributed by atoms with E-state index in [1.165, 1.54) is 0 Å². The monoisotopic (exact) mass is 173 g/mol. The second-order valence-corrected chi connectivity index (χ2v) is 3.73. The summed E-state index contributed by atoms with van der Waals surface area (Å²) >= 11 is 0. The van der Waals surface area contributed by atoms with Gasteiger partial charge in [0.25, 0.3) is 0 Å². The van der Waals surface area contributed by atoms with Gasteiger partial charge in [0.05, 0.1) is 18.8 Å². The first-order valence-corrected chi connectivity index (χ1v) is 4.73. The SMILES string of the molecule is CC(O)COC1CCCC(N)C1. The summed E-state index contributed by atoms with van der Waals surface area (Å²) in [5.74, 6) is 0. The van der Waals surface area contributed by atoms with E-state index in [9.17, 15) is 0 Å². The number of ether oxygens (including phenoxy) is 1. The third kappa shape index (κ3) is 3.52. The van der Waals surface area contributed by atoms with Crippen LogP contribution >= 0.6 is 0 Å². The Hall–Kier alpha value is -0.120. The van der Waals surface area contributed by atoms with E-state index in [1.807, 2.05) is 0 Å². The zero-order valence-corrected chi connectivity index (χ0v) is 7.70. The molecule has 0 spiro atoms. The van der Waals surface area contributed by atoms with Gasteiger partial charge in [-0.1, -0.05) is 0 Å². The lowest BCUT2D eigenvalue weighted by atomic mass is 9.93. The summed E-state index contributed by atoms with van der Waals surface area (Å²) in [6.45, 7) is 2.18. The molecule has 0 aromatic heterocycles. The van der Waals surface area contributed by atoms with Crippen LogP contribution in [0.4, 0.5) is 0 Å². The van der Waals surface area contributed by atoms with Crippen molar-refractivity contribution in [2.24, 2.45) is 5.73 Å². The number of hydrogen-bond donors (Lipinski definition) is 2. The van der Waals surface area contributed by atoms with Crippen molar-refractivity contribution in [2.75, 3.05) is 6.61 Å². The molecule has 0 radical (unpaired) electrons. The highest BCUT2D eigenvalue weighted by molar-refractivity contribution is 4.75. The molecule has 72 valence electrons. The fourth-order valence-electron chi connectivity index (χ4n) is 1.61. The molecule has 3 atom stereocenters. The molecule has 0 aliphatic heterocycles. The predicted molar refractivity (Wildman–Crippen MR) is 47.9 cm³/mol. The minimum absolute atomic E-state index is 0.281. The highest BCUT2D eigenvalue weighted by Gasteiger charge is 2.19. The van der Waals surface area contributed by atoms with Crippen LogP contribution in [0.25, 0.3) is 0 Å². The second kappa shape index (κ2) is 4.80. The number of nitrogens with two attached hydrogens (primary N) is 1. The molecule has 1 saturated carbocycles. The van der Waals surface area contributed by atoms with Gasteiger partial charge in [0.2, 0.25) is 0 Å². The van der Waals surface area contributed by atoms with Gasteiger partial charge in [-0.05, 0) is 32.6 Å². The molecule has 0 amide bonds. The van der Waals surface area contributed by atoms with Gasteiger partial charge in [0.1, 0.15) is 0 Å². The minimum Gasteiger partial charge on any atom is -0.391 e. The smallest absolute Gasteiger partial charge is 0.0745 e. The highest BCUT2D eigenvalue weighted by atomic mass is 16.5. The number of rotatable bonds is 3. The standard InChI is InChI=1S/C9H19NO2/c1-7(11)6-12-9-4-2-3-8(10)5-9/h7-9,11H,2-6,10H2,1H3. The molecule has 0 aromatic carbocycles. The van der Waals surface area contributed by atoms with Gasteiger partial charge < -0.3 is 15.6 Å². The van der Waals surface area contributed by atoms with Gasteiger partial charge in [0, 0.05) is 6.04 Å². The predicted octanol–water partition coefficient (Wildman–Crippen LogP) is 0.654. The summed E-state index contributed by atoms with van der Waals surface area (Å²) in [6.07, 6.45) is 4.25. The maximum Gasteiger partial charge on any atom is 0.0745 e. The summed E-state index contributed by atoms with van der Waals surface area (Å²) in [6, 6.07) is 0.303. The first kappa shape index (κ1) is 9.96. The quantitative estimate of drug-likeness (QED) is 0.659. The lowest BCUT2D eigenvalue weighted by Gasteiger charge is -2.27. The Morgan fingerprint density at radius 3 is 2.92 bits per heavy atom. The maximum absolute atomic E-state index is 8.99. The summed E-state index contributed by atoms with van der Waals surface area (Å²) in [5.41, 5.74) is 5.79. The Kier molecular flexibility index (Phi) is 3.98. The van der Waals surface area contributed by atoms with Crippen LogP contribution in [0.15, 0.2) is 0 Å². The Morgan fingerprint density at radius 1 is 1.58 bits per heavy atom. The fraction of sp³-hybridized carbons (Fsp3) is 1.00. The van der Waals surface area contributed by atoms with Gasteiger partial charge >= 0.3 is 0 Å². The van der Waals surface area contributed by atoms with E-state index >= 15 is 0 Å². The average molecular weight is 173 g/mol. The molecular weight excluding hydrogens is 154 g/mol. The largest absolute Gasteiger partial charge is 0.391 e. The van der Waals surface area contributed by atoms with Crippen LogP contribution in [0.5, 0.6) is 0 Å². The van der Waals surface area contributed by atoms with Gasteiger partial charge in [-0.25, -0.2) is 0 Å². The lowest BCUT2D eigenvalue weighted by molar-refractivity contribution is -0.0209. The Bertz CT molecular complexity index is 128. The van der Waals surface area contributed by atoms with E-state index in [4.69, 9.17) is 15.6 Å². The van der Waals surface area contributed by atoms with Crippen LogP contribution in [0.3, 0.4) is 0 Å². The lowest BCUT2D eigenvalue weighted by Crippen LogP contribution is -2.33. The third-order valence-corrected chi connectivity index (χ3v) is 2.24. The van der Waals surface area contributed by atoms with Crippen LogP contribution < -0.4 is 5.73 Å². The van der Waals surface area contributed by atoms with Gasteiger partial charge in [0.15, 0.2) is 0 Å². The molecule has 3 heteroatoms. The number of hydrogen-bond acceptors (Lipinski definition) is 3. The number of aliphatic hydroxyl groups excluding tert-OH is 1. The first-order chi connectivity index (χ1) is 5.68. The molecular formula is C9H19NO2. The summed E-state index contributed by atoms with van der Waals surface area (Å²) in [5, 5.41) is 8.99. The Balaban J connectivity index is 2.14. The fourth-order valence-corrected chi connectivity index (χ4v) is 1.61. The third-order valence-electron chi connectivity index (χ3n) is 2.24. The van der Waals surface area contributed by atoms with Crippen molar-refractivity contribution in [2.45, 2.75) is 50.9 Å². The molecule has 0 aromatic rings. The van der Waals surface area contributed by atoms with E-state index in [-0.39, 0.29) is 12.2 Å². The molecule has 1 aliphatic rings. The van der Waals surface area contributed by atoms with Crippen LogP contribution in [0, 0.1) is 0 Å². The maximum atomic E-state index is 8.99. The summed E-state index contributed by atoms with van der Waals surface area (Å²) in [7, 11) is 0. The first-order valence-electron chi connectivity index (χ1n) is 4.73. The zero-order valence-electron chi connectivity index (χ0n) is 7.70. The van der Waals surface area contributed by atoms with Crippen molar-refractivity contribution in [3.05, 3.63) is 0 Å². The highest BCUT2D eigenvalue weighted by Crippen LogP contribution is 2.19. The molecule has 12 heavy (non-hydrogen) atoms. The minimum atomic E-state index is -0.358. The number of aliphatic hydroxyl groups is 1. The molecule has 3 N–H and O–H groups in total. The molecule has 0 saturated heterocycles. The van der Waals surface area contributed by atoms with E-state index in [0.29, 0.717) is 12.6 Å². The molecule has 0 bridgehead atoms. The molecule has 1 rings (SSSR count). The molecule has 1 fully saturated rings. The van der Waals surface area contributed by atoms with Crippen molar-refractivity contribution >= 4 is 0 Å². The van der Waals surface area contributed by atoms with Crippen molar-refractivity contribution in [1.29, 1.82) is 0 Å². The van der Waals surface area contributed by atoms with Crippen LogP contribution in [0.2, 0.25) is 0 Å².